The Labute approximate surface area is 217 Å². The quantitative estimate of drug-likeness (QED) is 0.434. The first kappa shape index (κ1) is 26.5. The van der Waals surface area contributed by atoms with Crippen LogP contribution in [0.15, 0.2) is 30.3 Å². The van der Waals surface area contributed by atoms with Crippen molar-refractivity contribution in [3.63, 3.8) is 0 Å². The van der Waals surface area contributed by atoms with E-state index >= 15 is 0 Å². The second-order valence-electron chi connectivity index (χ2n) is 10.3. The van der Waals surface area contributed by atoms with Crippen LogP contribution in [0.2, 0.25) is 0 Å². The van der Waals surface area contributed by atoms with Crippen molar-refractivity contribution in [2.24, 2.45) is 0 Å². The third kappa shape index (κ3) is 6.42. The van der Waals surface area contributed by atoms with Crippen molar-refractivity contribution in [3.05, 3.63) is 52.8 Å². The fraction of sp³-hybridized carbons (Fsp3) is 0.556. The van der Waals surface area contributed by atoms with Crippen LogP contribution in [0, 0.1) is 0 Å². The molecular weight excluding hydrogens is 476 g/mol. The molecule has 1 saturated heterocycles. The van der Waals surface area contributed by atoms with Crippen LogP contribution in [0.3, 0.4) is 0 Å². The second kappa shape index (κ2) is 11.2. The molecule has 2 aliphatic rings. The summed E-state index contributed by atoms with van der Waals surface area (Å²) in [4.78, 5) is 41.3. The van der Waals surface area contributed by atoms with E-state index in [-0.39, 0.29) is 37.6 Å². The average molecular weight is 513 g/mol. The van der Waals surface area contributed by atoms with E-state index in [1.807, 2.05) is 55.8 Å². The SMILES string of the molecule is CCOC(=O)c1nn(C2CCN(C(=O)OCc3ccccc3)CC2)c2c1CN(C(=O)OC(C)(C)C)CC2. The number of hydrogen-bond donors (Lipinski definition) is 0. The summed E-state index contributed by atoms with van der Waals surface area (Å²) < 4.78 is 18.2. The Balaban J connectivity index is 1.44. The first-order valence-electron chi connectivity index (χ1n) is 12.9. The maximum Gasteiger partial charge on any atom is 0.410 e. The molecule has 1 fully saturated rings. The molecule has 0 saturated carbocycles. The molecule has 2 amide bonds. The molecule has 3 heterocycles. The van der Waals surface area contributed by atoms with Crippen LogP contribution in [-0.2, 0) is 33.8 Å². The van der Waals surface area contributed by atoms with Crippen molar-refractivity contribution < 1.29 is 28.6 Å². The van der Waals surface area contributed by atoms with E-state index in [9.17, 15) is 14.4 Å². The summed E-state index contributed by atoms with van der Waals surface area (Å²) >= 11 is 0. The average Bonchev–Trinajstić information content (AvgIpc) is 3.26. The highest BCUT2D eigenvalue weighted by Gasteiger charge is 2.35. The van der Waals surface area contributed by atoms with Gasteiger partial charge in [0, 0.05) is 37.3 Å². The normalized spacial score (nSPS) is 16.2. The van der Waals surface area contributed by atoms with Gasteiger partial charge < -0.3 is 24.0 Å². The van der Waals surface area contributed by atoms with Gasteiger partial charge in [-0.2, -0.15) is 5.10 Å². The Bertz CT molecular complexity index is 1120. The smallest absolute Gasteiger partial charge is 0.410 e. The maximum atomic E-state index is 12.7. The number of carbonyl (C=O) groups excluding carboxylic acids is 3. The van der Waals surface area contributed by atoms with Crippen LogP contribution in [0.5, 0.6) is 0 Å². The van der Waals surface area contributed by atoms with Gasteiger partial charge in [-0.15, -0.1) is 0 Å². The Morgan fingerprint density at radius 1 is 0.973 bits per heavy atom. The van der Waals surface area contributed by atoms with Crippen molar-refractivity contribution >= 4 is 18.2 Å². The van der Waals surface area contributed by atoms with Gasteiger partial charge in [-0.05, 0) is 46.1 Å². The molecule has 2 aliphatic heterocycles. The zero-order chi connectivity index (χ0) is 26.6. The van der Waals surface area contributed by atoms with Gasteiger partial charge in [-0.1, -0.05) is 30.3 Å². The van der Waals surface area contributed by atoms with Crippen LogP contribution >= 0.6 is 0 Å². The van der Waals surface area contributed by atoms with Crippen molar-refractivity contribution in [2.75, 3.05) is 26.2 Å². The van der Waals surface area contributed by atoms with Crippen molar-refractivity contribution in [2.45, 2.75) is 71.8 Å². The van der Waals surface area contributed by atoms with Gasteiger partial charge >= 0.3 is 18.2 Å². The van der Waals surface area contributed by atoms with Crippen LogP contribution < -0.4 is 0 Å². The Morgan fingerprint density at radius 2 is 1.68 bits per heavy atom. The zero-order valence-corrected chi connectivity index (χ0v) is 22.1. The van der Waals surface area contributed by atoms with Crippen molar-refractivity contribution in [1.29, 1.82) is 0 Å². The number of amides is 2. The lowest BCUT2D eigenvalue weighted by Gasteiger charge is -2.34. The molecular formula is C27H36N4O6. The number of aromatic nitrogens is 2. The second-order valence-corrected chi connectivity index (χ2v) is 10.3. The molecule has 4 rings (SSSR count). The molecule has 200 valence electrons. The number of rotatable bonds is 5. The van der Waals surface area contributed by atoms with E-state index in [2.05, 4.69) is 5.10 Å². The monoisotopic (exact) mass is 512 g/mol. The lowest BCUT2D eigenvalue weighted by molar-refractivity contribution is 0.0218. The number of carbonyl (C=O) groups is 3. The Morgan fingerprint density at radius 3 is 2.32 bits per heavy atom. The van der Waals surface area contributed by atoms with E-state index in [4.69, 9.17) is 14.2 Å². The lowest BCUT2D eigenvalue weighted by Crippen LogP contribution is -2.41. The summed E-state index contributed by atoms with van der Waals surface area (Å²) in [6, 6.07) is 9.62. The summed E-state index contributed by atoms with van der Waals surface area (Å²) in [6.07, 6.45) is 1.19. The van der Waals surface area contributed by atoms with Crippen molar-refractivity contribution in [1.82, 2.24) is 19.6 Å². The van der Waals surface area contributed by atoms with Gasteiger partial charge in [0.25, 0.3) is 0 Å². The van der Waals surface area contributed by atoms with E-state index in [0.29, 0.717) is 44.5 Å². The third-order valence-corrected chi connectivity index (χ3v) is 6.48. The maximum absolute atomic E-state index is 12.7. The molecule has 0 spiro atoms. The Kier molecular flexibility index (Phi) is 8.04. The molecule has 0 unspecified atom stereocenters. The molecule has 0 bridgehead atoms. The minimum atomic E-state index is -0.609. The van der Waals surface area contributed by atoms with E-state index < -0.39 is 17.7 Å². The van der Waals surface area contributed by atoms with E-state index in [0.717, 1.165) is 11.3 Å². The van der Waals surface area contributed by atoms with Gasteiger partial charge in [0.1, 0.15) is 12.2 Å². The zero-order valence-electron chi connectivity index (χ0n) is 22.1. The van der Waals surface area contributed by atoms with Crippen LogP contribution in [0.1, 0.15) is 73.9 Å². The molecule has 10 heteroatoms. The standard InChI is InChI=1S/C27H36N4O6/c1-5-35-24(32)23-21-17-30(26(34)37-27(2,3)4)16-13-22(21)31(28-23)20-11-14-29(15-12-20)25(33)36-18-19-9-7-6-8-10-19/h6-10,20H,5,11-18H2,1-4H3. The predicted octanol–water partition coefficient (Wildman–Crippen LogP) is 4.33. The van der Waals surface area contributed by atoms with Gasteiger partial charge in [-0.25, -0.2) is 14.4 Å². The number of esters is 1. The highest BCUT2D eigenvalue weighted by molar-refractivity contribution is 5.89. The first-order valence-corrected chi connectivity index (χ1v) is 12.9. The fourth-order valence-corrected chi connectivity index (χ4v) is 4.70. The number of hydrogen-bond acceptors (Lipinski definition) is 7. The molecule has 1 aromatic heterocycles. The summed E-state index contributed by atoms with van der Waals surface area (Å²) in [5.41, 5.74) is 2.23. The molecule has 1 aromatic carbocycles. The molecule has 0 radical (unpaired) electrons. The van der Waals surface area contributed by atoms with Crippen LogP contribution in [0.4, 0.5) is 9.59 Å². The third-order valence-electron chi connectivity index (χ3n) is 6.48. The summed E-state index contributed by atoms with van der Waals surface area (Å²) in [7, 11) is 0. The molecule has 0 atom stereocenters. The van der Waals surface area contributed by atoms with Crippen LogP contribution in [-0.4, -0.2) is 69.6 Å². The van der Waals surface area contributed by atoms with Gasteiger partial charge in [0.05, 0.1) is 19.2 Å². The largest absolute Gasteiger partial charge is 0.461 e. The van der Waals surface area contributed by atoms with E-state index in [1.54, 1.807) is 16.7 Å². The Hall–Kier alpha value is -3.56. The molecule has 0 aliphatic carbocycles. The fourth-order valence-electron chi connectivity index (χ4n) is 4.70. The summed E-state index contributed by atoms with van der Waals surface area (Å²) in [5.74, 6) is -0.495. The number of fused-ring (bicyclic) bond motifs is 1. The minimum absolute atomic E-state index is 0.0307. The highest BCUT2D eigenvalue weighted by Crippen LogP contribution is 2.31. The topological polar surface area (TPSA) is 103 Å². The van der Waals surface area contributed by atoms with Crippen molar-refractivity contribution in [3.8, 4) is 0 Å². The van der Waals surface area contributed by atoms with E-state index in [1.165, 1.54) is 0 Å². The molecule has 37 heavy (non-hydrogen) atoms. The highest BCUT2D eigenvalue weighted by atomic mass is 16.6. The van der Waals surface area contributed by atoms with Crippen LogP contribution in [0.25, 0.3) is 0 Å². The number of ether oxygens (including phenoxy) is 3. The van der Waals surface area contributed by atoms with Gasteiger partial charge in [-0.3, -0.25) is 4.68 Å². The number of nitrogens with zero attached hydrogens (tertiary/aromatic N) is 4. The summed E-state index contributed by atoms with van der Waals surface area (Å²) in [6.45, 7) is 9.48. The molecule has 0 N–H and O–H groups in total. The van der Waals surface area contributed by atoms with Gasteiger partial charge in [0.2, 0.25) is 0 Å². The summed E-state index contributed by atoms with van der Waals surface area (Å²) in [5, 5.41) is 4.68. The lowest BCUT2D eigenvalue weighted by atomic mass is 10.0. The minimum Gasteiger partial charge on any atom is -0.461 e. The molecule has 2 aromatic rings. The predicted molar refractivity (Wildman–Crippen MR) is 135 cm³/mol. The number of piperidine rings is 1. The first-order chi connectivity index (χ1) is 17.7. The number of benzene rings is 1. The molecule has 10 nitrogen and oxygen atoms in total. The number of likely N-dealkylation sites (tertiary alicyclic amines) is 1. The van der Waals surface area contributed by atoms with Gasteiger partial charge in [0.15, 0.2) is 5.69 Å².